The van der Waals surface area contributed by atoms with Crippen LogP contribution < -0.4 is 15.2 Å². The molecule has 30 heavy (non-hydrogen) atoms. The Hall–Kier alpha value is -3.93. The molecule has 1 aliphatic heterocycles. The molecule has 0 bridgehead atoms. The minimum Gasteiger partial charge on any atom is -0.410 e. The highest BCUT2D eigenvalue weighted by Gasteiger charge is 2.26. The number of hydrogen-bond donors (Lipinski definition) is 1. The number of pyridine rings is 1. The molecule has 5 rings (SSSR count). The van der Waals surface area contributed by atoms with Gasteiger partial charge in [-0.15, -0.1) is 0 Å². The van der Waals surface area contributed by atoms with E-state index in [2.05, 4.69) is 4.98 Å². The van der Waals surface area contributed by atoms with Gasteiger partial charge in [-0.25, -0.2) is 9.18 Å². The van der Waals surface area contributed by atoms with Crippen molar-refractivity contribution in [2.45, 2.75) is 6.42 Å². The Kier molecular flexibility index (Phi) is 4.32. The zero-order valence-corrected chi connectivity index (χ0v) is 15.9. The number of hydrogen-bond acceptors (Lipinski definition) is 3. The SMILES string of the molecule is O=C(Oc1ccc(-c2c[nH]c(=O)c3ccccc23)c(F)c1)N1CCc2ccccc21. The van der Waals surface area contributed by atoms with Crippen molar-refractivity contribution in [1.29, 1.82) is 0 Å². The summed E-state index contributed by atoms with van der Waals surface area (Å²) in [6, 6.07) is 19.0. The molecular weight excluding hydrogens is 383 g/mol. The number of carbonyl (C=O) groups excluding carboxylic acids is 1. The van der Waals surface area contributed by atoms with Gasteiger partial charge < -0.3 is 9.72 Å². The Bertz CT molecular complexity index is 1350. The van der Waals surface area contributed by atoms with Crippen molar-refractivity contribution < 1.29 is 13.9 Å². The zero-order valence-electron chi connectivity index (χ0n) is 15.9. The molecule has 0 fully saturated rings. The van der Waals surface area contributed by atoms with Gasteiger partial charge in [0.1, 0.15) is 11.6 Å². The highest BCUT2D eigenvalue weighted by molar-refractivity contribution is 5.96. The van der Waals surface area contributed by atoms with Gasteiger partial charge in [0, 0.05) is 35.3 Å². The van der Waals surface area contributed by atoms with Crippen molar-refractivity contribution >= 4 is 22.6 Å². The predicted molar refractivity (Wildman–Crippen MR) is 113 cm³/mol. The average molecular weight is 400 g/mol. The van der Waals surface area contributed by atoms with E-state index < -0.39 is 11.9 Å². The number of aromatic amines is 1. The third kappa shape index (κ3) is 3.03. The van der Waals surface area contributed by atoms with Crippen LogP contribution in [0, 0.1) is 5.82 Å². The fourth-order valence-corrected chi connectivity index (χ4v) is 3.89. The second-order valence-corrected chi connectivity index (χ2v) is 7.12. The molecule has 3 aromatic carbocycles. The van der Waals surface area contributed by atoms with E-state index in [0.29, 0.717) is 28.4 Å². The number of fused-ring (bicyclic) bond motifs is 2. The second kappa shape index (κ2) is 7.15. The van der Waals surface area contributed by atoms with Crippen LogP contribution >= 0.6 is 0 Å². The Morgan fingerprint density at radius 2 is 1.73 bits per heavy atom. The summed E-state index contributed by atoms with van der Waals surface area (Å²) in [6.45, 7) is 0.530. The monoisotopic (exact) mass is 400 g/mol. The molecule has 0 aliphatic carbocycles. The fourth-order valence-electron chi connectivity index (χ4n) is 3.89. The summed E-state index contributed by atoms with van der Waals surface area (Å²) in [5.41, 5.74) is 2.55. The van der Waals surface area contributed by atoms with Crippen molar-refractivity contribution in [3.8, 4) is 16.9 Å². The summed E-state index contributed by atoms with van der Waals surface area (Å²) < 4.78 is 20.4. The van der Waals surface area contributed by atoms with Gasteiger partial charge in [-0.3, -0.25) is 9.69 Å². The second-order valence-electron chi connectivity index (χ2n) is 7.12. The highest BCUT2D eigenvalue weighted by atomic mass is 19.1. The van der Waals surface area contributed by atoms with Gasteiger partial charge in [0.15, 0.2) is 0 Å². The van der Waals surface area contributed by atoms with Crippen LogP contribution in [0.5, 0.6) is 5.75 Å². The highest BCUT2D eigenvalue weighted by Crippen LogP contribution is 2.32. The molecule has 0 unspecified atom stereocenters. The molecule has 1 N–H and O–H groups in total. The van der Waals surface area contributed by atoms with E-state index in [0.717, 1.165) is 17.7 Å². The smallest absolute Gasteiger partial charge is 0.410 e. The molecule has 0 atom stereocenters. The third-order valence-corrected chi connectivity index (χ3v) is 5.35. The molecule has 1 amide bonds. The lowest BCUT2D eigenvalue weighted by molar-refractivity contribution is 0.208. The number of halogens is 1. The molecule has 148 valence electrons. The minimum absolute atomic E-state index is 0.124. The first-order chi connectivity index (χ1) is 14.6. The number of H-pyrrole nitrogens is 1. The van der Waals surface area contributed by atoms with Crippen LogP contribution in [0.15, 0.2) is 77.7 Å². The van der Waals surface area contributed by atoms with Crippen LogP contribution in [-0.2, 0) is 6.42 Å². The van der Waals surface area contributed by atoms with E-state index in [4.69, 9.17) is 4.74 Å². The maximum atomic E-state index is 14.9. The number of ether oxygens (including phenoxy) is 1. The number of nitrogens with one attached hydrogen (secondary N) is 1. The number of para-hydroxylation sites is 1. The first-order valence-electron chi connectivity index (χ1n) is 9.59. The largest absolute Gasteiger partial charge is 0.419 e. The Morgan fingerprint density at radius 1 is 0.967 bits per heavy atom. The van der Waals surface area contributed by atoms with E-state index in [-0.39, 0.29) is 11.3 Å². The summed E-state index contributed by atoms with van der Waals surface area (Å²) in [5, 5.41) is 1.14. The molecule has 4 aromatic rings. The maximum absolute atomic E-state index is 14.9. The number of amides is 1. The Morgan fingerprint density at radius 3 is 2.57 bits per heavy atom. The first-order valence-corrected chi connectivity index (χ1v) is 9.59. The van der Waals surface area contributed by atoms with E-state index in [9.17, 15) is 14.0 Å². The van der Waals surface area contributed by atoms with Crippen LogP contribution in [0.3, 0.4) is 0 Å². The van der Waals surface area contributed by atoms with E-state index in [1.165, 1.54) is 12.3 Å². The summed E-state index contributed by atoms with van der Waals surface area (Å²) in [4.78, 5) is 28.8. The van der Waals surface area contributed by atoms with Gasteiger partial charge >= 0.3 is 6.09 Å². The molecule has 0 saturated heterocycles. The van der Waals surface area contributed by atoms with Crippen LogP contribution in [0.25, 0.3) is 21.9 Å². The molecule has 6 heteroatoms. The van der Waals surface area contributed by atoms with Gasteiger partial charge in [0.05, 0.1) is 5.69 Å². The van der Waals surface area contributed by atoms with E-state index in [1.54, 1.807) is 41.3 Å². The summed E-state index contributed by atoms with van der Waals surface area (Å²) in [5.74, 6) is -0.418. The van der Waals surface area contributed by atoms with Crippen molar-refractivity contribution in [3.63, 3.8) is 0 Å². The van der Waals surface area contributed by atoms with Crippen molar-refractivity contribution in [2.24, 2.45) is 0 Å². The lowest BCUT2D eigenvalue weighted by Gasteiger charge is -2.17. The topological polar surface area (TPSA) is 62.4 Å². The minimum atomic E-state index is -0.542. The molecule has 1 aliphatic rings. The summed E-state index contributed by atoms with van der Waals surface area (Å²) in [6.07, 6.45) is 1.72. The van der Waals surface area contributed by atoms with Gasteiger partial charge in [-0.1, -0.05) is 36.4 Å². The maximum Gasteiger partial charge on any atom is 0.419 e. The van der Waals surface area contributed by atoms with Crippen LogP contribution in [0.1, 0.15) is 5.56 Å². The molecule has 1 aromatic heterocycles. The standard InChI is InChI=1S/C24H17FN2O3/c25-21-13-16(30-24(29)27-12-11-15-5-1-4-8-22(15)27)9-10-18(21)20-14-26-23(28)19-7-3-2-6-17(19)20/h1-10,13-14H,11-12H2,(H,26,28). The van der Waals surface area contributed by atoms with Gasteiger partial charge in [-0.05, 0) is 41.6 Å². The molecule has 0 spiro atoms. The van der Waals surface area contributed by atoms with Crippen molar-refractivity contribution in [1.82, 2.24) is 4.98 Å². The van der Waals surface area contributed by atoms with Gasteiger partial charge in [0.25, 0.3) is 5.56 Å². The Balaban J connectivity index is 1.45. The quantitative estimate of drug-likeness (QED) is 0.521. The van der Waals surface area contributed by atoms with E-state index >= 15 is 0 Å². The van der Waals surface area contributed by atoms with E-state index in [1.807, 2.05) is 24.3 Å². The lowest BCUT2D eigenvalue weighted by atomic mass is 10.0. The number of nitrogens with zero attached hydrogens (tertiary/aromatic N) is 1. The molecule has 0 saturated carbocycles. The summed E-state index contributed by atoms with van der Waals surface area (Å²) in [7, 11) is 0. The normalized spacial score (nSPS) is 12.8. The lowest BCUT2D eigenvalue weighted by Crippen LogP contribution is -2.31. The summed E-state index contributed by atoms with van der Waals surface area (Å²) >= 11 is 0. The van der Waals surface area contributed by atoms with Gasteiger partial charge in [-0.2, -0.15) is 0 Å². The van der Waals surface area contributed by atoms with Crippen LogP contribution in [-0.4, -0.2) is 17.6 Å². The van der Waals surface area contributed by atoms with Crippen LogP contribution in [0.2, 0.25) is 0 Å². The van der Waals surface area contributed by atoms with Crippen LogP contribution in [0.4, 0.5) is 14.9 Å². The van der Waals surface area contributed by atoms with Gasteiger partial charge in [0.2, 0.25) is 0 Å². The zero-order chi connectivity index (χ0) is 20.7. The van der Waals surface area contributed by atoms with Crippen molar-refractivity contribution in [3.05, 3.63) is 94.7 Å². The number of rotatable bonds is 2. The first kappa shape index (κ1) is 18.1. The molecule has 2 heterocycles. The molecular formula is C24H17FN2O3. The number of carbonyl (C=O) groups is 1. The van der Waals surface area contributed by atoms with Crippen molar-refractivity contribution in [2.75, 3.05) is 11.4 Å². The molecule has 5 nitrogen and oxygen atoms in total. The number of anilines is 1. The number of aromatic nitrogens is 1. The Labute approximate surface area is 171 Å². The predicted octanol–water partition coefficient (Wildman–Crippen LogP) is 4.90. The number of benzene rings is 3. The molecule has 0 radical (unpaired) electrons. The average Bonchev–Trinajstić information content (AvgIpc) is 3.19. The fraction of sp³-hybridized carbons (Fsp3) is 0.0833. The third-order valence-electron chi connectivity index (χ3n) is 5.35.